The molecule has 31 heavy (non-hydrogen) atoms. The van der Waals surface area contributed by atoms with Crippen LogP contribution in [0.25, 0.3) is 6.08 Å². The Morgan fingerprint density at radius 1 is 1.10 bits per heavy atom. The van der Waals surface area contributed by atoms with E-state index < -0.39 is 6.03 Å². The van der Waals surface area contributed by atoms with Gasteiger partial charge in [0.25, 0.3) is 5.91 Å². The number of nitrogens with one attached hydrogen (secondary N) is 1. The van der Waals surface area contributed by atoms with Crippen LogP contribution in [0.4, 0.5) is 4.79 Å². The van der Waals surface area contributed by atoms with E-state index in [1.807, 2.05) is 19.9 Å². The summed E-state index contributed by atoms with van der Waals surface area (Å²) >= 11 is 15.6. The highest BCUT2D eigenvalue weighted by molar-refractivity contribution is 9.10. The molecule has 0 radical (unpaired) electrons. The van der Waals surface area contributed by atoms with Gasteiger partial charge in [-0.2, -0.15) is 0 Å². The number of carbonyl (C=O) groups is 2. The van der Waals surface area contributed by atoms with Crippen molar-refractivity contribution in [2.45, 2.75) is 26.9 Å². The van der Waals surface area contributed by atoms with E-state index in [4.69, 9.17) is 32.7 Å². The maximum atomic E-state index is 12.5. The van der Waals surface area contributed by atoms with E-state index >= 15 is 0 Å². The third-order valence-corrected chi connectivity index (χ3v) is 5.75. The molecule has 0 atom stereocenters. The van der Waals surface area contributed by atoms with Gasteiger partial charge in [-0.1, -0.05) is 36.2 Å². The molecular weight excluding hydrogens is 507 g/mol. The number of rotatable bonds is 8. The highest BCUT2D eigenvalue weighted by atomic mass is 79.9. The largest absolute Gasteiger partial charge is 0.490 e. The van der Waals surface area contributed by atoms with Crippen molar-refractivity contribution in [3.63, 3.8) is 0 Å². The Bertz CT molecular complexity index is 1040. The number of halogens is 3. The van der Waals surface area contributed by atoms with Gasteiger partial charge in [0.2, 0.25) is 0 Å². The number of hydrogen-bond donors (Lipinski definition) is 1. The van der Waals surface area contributed by atoms with Gasteiger partial charge >= 0.3 is 6.03 Å². The van der Waals surface area contributed by atoms with E-state index in [1.54, 1.807) is 30.3 Å². The Kier molecular flexibility index (Phi) is 7.86. The molecule has 1 saturated heterocycles. The number of hydrogen-bond acceptors (Lipinski definition) is 4. The minimum absolute atomic E-state index is 0.220. The van der Waals surface area contributed by atoms with Crippen LogP contribution in [0.3, 0.4) is 0 Å². The average molecular weight is 528 g/mol. The Morgan fingerprint density at radius 3 is 2.55 bits per heavy atom. The zero-order valence-corrected chi connectivity index (χ0v) is 20.1. The summed E-state index contributed by atoms with van der Waals surface area (Å²) in [4.78, 5) is 25.7. The molecule has 0 unspecified atom stereocenters. The Labute approximate surface area is 199 Å². The lowest BCUT2D eigenvalue weighted by molar-refractivity contribution is -0.122. The predicted molar refractivity (Wildman–Crippen MR) is 125 cm³/mol. The number of ether oxygens (including phenoxy) is 2. The Morgan fingerprint density at radius 2 is 1.87 bits per heavy atom. The van der Waals surface area contributed by atoms with Crippen LogP contribution in [0.1, 0.15) is 31.4 Å². The molecule has 1 aliphatic rings. The summed E-state index contributed by atoms with van der Waals surface area (Å²) in [6.07, 6.45) is 2.31. The topological polar surface area (TPSA) is 67.9 Å². The Hall–Kier alpha value is -2.22. The molecule has 0 aromatic heterocycles. The number of carbonyl (C=O) groups excluding carboxylic acids is 2. The lowest BCUT2D eigenvalue weighted by atomic mass is 10.1. The third kappa shape index (κ3) is 5.53. The predicted octanol–water partition coefficient (Wildman–Crippen LogP) is 6.04. The molecule has 0 spiro atoms. The summed E-state index contributed by atoms with van der Waals surface area (Å²) < 4.78 is 12.4. The molecule has 1 heterocycles. The van der Waals surface area contributed by atoms with Crippen LogP contribution in [-0.4, -0.2) is 30.0 Å². The van der Waals surface area contributed by atoms with Gasteiger partial charge in [-0.05, 0) is 70.7 Å². The fourth-order valence-corrected chi connectivity index (χ4v) is 3.92. The molecular formula is C22H21BrCl2N2O4. The van der Waals surface area contributed by atoms with Crippen molar-refractivity contribution < 1.29 is 19.1 Å². The van der Waals surface area contributed by atoms with Gasteiger partial charge in [-0.25, -0.2) is 4.79 Å². The summed E-state index contributed by atoms with van der Waals surface area (Å²) in [5.74, 6) is 0.677. The molecule has 0 aliphatic carbocycles. The highest BCUT2D eigenvalue weighted by Crippen LogP contribution is 2.38. The molecule has 2 aromatic rings. The maximum absolute atomic E-state index is 12.5. The van der Waals surface area contributed by atoms with Gasteiger partial charge in [0.15, 0.2) is 11.5 Å². The first-order chi connectivity index (χ1) is 14.8. The van der Waals surface area contributed by atoms with Crippen molar-refractivity contribution in [3.8, 4) is 11.5 Å². The summed E-state index contributed by atoms with van der Waals surface area (Å²) in [5, 5.41) is 3.55. The van der Waals surface area contributed by atoms with E-state index in [0.717, 1.165) is 5.56 Å². The van der Waals surface area contributed by atoms with Crippen LogP contribution >= 0.6 is 39.1 Å². The van der Waals surface area contributed by atoms with Gasteiger partial charge in [0.1, 0.15) is 12.3 Å². The van der Waals surface area contributed by atoms with Gasteiger partial charge in [-0.15, -0.1) is 0 Å². The SMILES string of the molecule is CCCN1C(=O)N/C(=C/c2cc(Br)c(OCc3ccc(Cl)c(Cl)c3)c(OCC)c2)C1=O. The summed E-state index contributed by atoms with van der Waals surface area (Å²) in [5.41, 5.74) is 1.75. The first-order valence-corrected chi connectivity index (χ1v) is 11.3. The number of imide groups is 1. The zero-order chi connectivity index (χ0) is 22.5. The maximum Gasteiger partial charge on any atom is 0.329 e. The molecule has 3 amide bonds. The van der Waals surface area contributed by atoms with Gasteiger partial charge in [0.05, 0.1) is 21.1 Å². The third-order valence-electron chi connectivity index (χ3n) is 4.42. The number of benzene rings is 2. The monoisotopic (exact) mass is 526 g/mol. The molecule has 6 nitrogen and oxygen atoms in total. The van der Waals surface area contributed by atoms with E-state index in [0.29, 0.717) is 51.2 Å². The second kappa shape index (κ2) is 10.4. The number of urea groups is 1. The highest BCUT2D eigenvalue weighted by Gasteiger charge is 2.32. The zero-order valence-electron chi connectivity index (χ0n) is 17.0. The van der Waals surface area contributed by atoms with Crippen molar-refractivity contribution >= 4 is 57.1 Å². The first-order valence-electron chi connectivity index (χ1n) is 9.71. The van der Waals surface area contributed by atoms with Gasteiger partial charge in [-0.3, -0.25) is 9.69 Å². The average Bonchev–Trinajstić information content (AvgIpc) is 2.98. The molecule has 2 aromatic carbocycles. The van der Waals surface area contributed by atoms with E-state index in [1.165, 1.54) is 4.90 Å². The van der Waals surface area contributed by atoms with Crippen LogP contribution < -0.4 is 14.8 Å². The van der Waals surface area contributed by atoms with Crippen molar-refractivity contribution in [2.75, 3.05) is 13.2 Å². The van der Waals surface area contributed by atoms with Crippen molar-refractivity contribution in [3.05, 3.63) is 61.7 Å². The summed E-state index contributed by atoms with van der Waals surface area (Å²) in [6, 6.07) is 8.43. The lowest BCUT2D eigenvalue weighted by Crippen LogP contribution is -2.31. The fraction of sp³-hybridized carbons (Fsp3) is 0.273. The number of amides is 3. The van der Waals surface area contributed by atoms with Gasteiger partial charge in [0, 0.05) is 6.54 Å². The minimum Gasteiger partial charge on any atom is -0.490 e. The standard InChI is InChI=1S/C22H21BrCl2N2O4/c1-3-7-27-21(28)18(26-22(27)29)10-14-8-15(23)20(19(11-14)30-4-2)31-12-13-5-6-16(24)17(25)9-13/h5-6,8-11H,3-4,7,12H2,1-2H3,(H,26,29)/b18-10+. The van der Waals surface area contributed by atoms with Crippen LogP contribution in [-0.2, 0) is 11.4 Å². The smallest absolute Gasteiger partial charge is 0.329 e. The molecule has 1 aliphatic heterocycles. The van der Waals surface area contributed by atoms with Crippen molar-refractivity contribution in [2.24, 2.45) is 0 Å². The van der Waals surface area contributed by atoms with Crippen molar-refractivity contribution in [1.29, 1.82) is 0 Å². The number of nitrogens with zero attached hydrogens (tertiary/aromatic N) is 1. The van der Waals surface area contributed by atoms with E-state index in [-0.39, 0.29) is 18.2 Å². The summed E-state index contributed by atoms with van der Waals surface area (Å²) in [6.45, 7) is 4.83. The summed E-state index contributed by atoms with van der Waals surface area (Å²) in [7, 11) is 0. The molecule has 164 valence electrons. The van der Waals surface area contributed by atoms with Crippen LogP contribution in [0.15, 0.2) is 40.5 Å². The Balaban J connectivity index is 1.85. The second-order valence-electron chi connectivity index (χ2n) is 6.75. The van der Waals surface area contributed by atoms with Gasteiger partial charge < -0.3 is 14.8 Å². The normalized spacial score (nSPS) is 14.9. The molecule has 1 fully saturated rings. The molecule has 9 heteroatoms. The van der Waals surface area contributed by atoms with E-state index in [2.05, 4.69) is 21.2 Å². The van der Waals surface area contributed by atoms with Crippen LogP contribution in [0.2, 0.25) is 10.0 Å². The molecule has 0 bridgehead atoms. The van der Waals surface area contributed by atoms with E-state index in [9.17, 15) is 9.59 Å². The molecule has 0 saturated carbocycles. The van der Waals surface area contributed by atoms with Crippen LogP contribution in [0, 0.1) is 0 Å². The first kappa shape index (κ1) is 23.4. The quantitative estimate of drug-likeness (QED) is 0.336. The molecule has 1 N–H and O–H groups in total. The minimum atomic E-state index is -0.413. The van der Waals surface area contributed by atoms with Crippen molar-refractivity contribution in [1.82, 2.24) is 10.2 Å². The fourth-order valence-electron chi connectivity index (χ4n) is 3.02. The molecule has 3 rings (SSSR count). The second-order valence-corrected chi connectivity index (χ2v) is 8.41. The lowest BCUT2D eigenvalue weighted by Gasteiger charge is -2.15. The van der Waals surface area contributed by atoms with Crippen LogP contribution in [0.5, 0.6) is 11.5 Å².